The molecule has 1 aliphatic carbocycles. The first kappa shape index (κ1) is 15.5. The molecular formula is C19H23N3O. The lowest BCUT2D eigenvalue weighted by Gasteiger charge is -2.30. The number of urea groups is 1. The molecule has 0 aliphatic heterocycles. The van der Waals surface area contributed by atoms with Crippen LogP contribution < -0.4 is 10.2 Å². The Morgan fingerprint density at radius 3 is 2.57 bits per heavy atom. The van der Waals surface area contributed by atoms with Crippen molar-refractivity contribution in [3.8, 4) is 0 Å². The smallest absolute Gasteiger partial charge is 0.306 e. The minimum atomic E-state index is -0.0882. The number of carbonyl (C=O) groups is 1. The van der Waals surface area contributed by atoms with Crippen LogP contribution in [0.3, 0.4) is 0 Å². The van der Waals surface area contributed by atoms with Crippen molar-refractivity contribution in [2.45, 2.75) is 32.1 Å². The van der Waals surface area contributed by atoms with E-state index in [1.54, 1.807) is 12.4 Å². The first-order valence-electron chi connectivity index (χ1n) is 8.36. The summed E-state index contributed by atoms with van der Waals surface area (Å²) in [7, 11) is 0. The summed E-state index contributed by atoms with van der Waals surface area (Å²) < 4.78 is 0. The Morgan fingerprint density at radius 1 is 1.09 bits per heavy atom. The van der Waals surface area contributed by atoms with Crippen LogP contribution >= 0.6 is 0 Å². The van der Waals surface area contributed by atoms with Gasteiger partial charge in [-0.3, -0.25) is 9.88 Å². The Kier molecular flexibility index (Phi) is 5.25. The fourth-order valence-corrected chi connectivity index (χ4v) is 3.17. The summed E-state index contributed by atoms with van der Waals surface area (Å²) in [6.45, 7) is 0.774. The number of benzene rings is 1. The maximum Gasteiger partial charge on any atom is 0.326 e. The maximum atomic E-state index is 12.8. The van der Waals surface area contributed by atoms with Crippen molar-refractivity contribution >= 4 is 17.4 Å². The van der Waals surface area contributed by atoms with E-state index in [1.807, 2.05) is 47.4 Å². The van der Waals surface area contributed by atoms with Gasteiger partial charge in [-0.25, -0.2) is 4.79 Å². The molecule has 0 atom stereocenters. The predicted octanol–water partition coefficient (Wildman–Crippen LogP) is 4.70. The minimum Gasteiger partial charge on any atom is -0.306 e. The van der Waals surface area contributed by atoms with E-state index in [9.17, 15) is 4.79 Å². The molecule has 0 radical (unpaired) electrons. The van der Waals surface area contributed by atoms with E-state index < -0.39 is 0 Å². The third-order valence-electron chi connectivity index (χ3n) is 4.39. The molecule has 2 amide bonds. The van der Waals surface area contributed by atoms with Crippen molar-refractivity contribution < 1.29 is 4.79 Å². The molecule has 3 rings (SSSR count). The van der Waals surface area contributed by atoms with Gasteiger partial charge in [0.15, 0.2) is 0 Å². The Hall–Kier alpha value is -2.36. The van der Waals surface area contributed by atoms with Gasteiger partial charge < -0.3 is 5.32 Å². The summed E-state index contributed by atoms with van der Waals surface area (Å²) in [5.41, 5.74) is 1.67. The Balaban J connectivity index is 1.75. The molecule has 0 saturated heterocycles. The molecule has 1 fully saturated rings. The van der Waals surface area contributed by atoms with Gasteiger partial charge in [-0.2, -0.15) is 0 Å². The molecule has 1 N–H and O–H groups in total. The summed E-state index contributed by atoms with van der Waals surface area (Å²) in [6.07, 6.45) is 9.67. The lowest BCUT2D eigenvalue weighted by Crippen LogP contribution is -2.39. The van der Waals surface area contributed by atoms with E-state index in [-0.39, 0.29) is 6.03 Å². The van der Waals surface area contributed by atoms with Crippen LogP contribution in [0.25, 0.3) is 0 Å². The van der Waals surface area contributed by atoms with E-state index in [0.717, 1.165) is 17.9 Å². The number of rotatable bonds is 4. The largest absolute Gasteiger partial charge is 0.326 e. The van der Waals surface area contributed by atoms with Crippen LogP contribution in [0.1, 0.15) is 32.1 Å². The number of anilines is 2. The molecule has 1 heterocycles. The number of nitrogens with zero attached hydrogens (tertiary/aromatic N) is 2. The fourth-order valence-electron chi connectivity index (χ4n) is 3.17. The Morgan fingerprint density at radius 2 is 1.87 bits per heavy atom. The van der Waals surface area contributed by atoms with Gasteiger partial charge in [0.25, 0.3) is 0 Å². The molecule has 1 aromatic carbocycles. The second-order valence-corrected chi connectivity index (χ2v) is 6.12. The normalized spacial score (nSPS) is 15.1. The quantitative estimate of drug-likeness (QED) is 0.889. The Labute approximate surface area is 137 Å². The van der Waals surface area contributed by atoms with Crippen LogP contribution in [-0.4, -0.2) is 17.6 Å². The van der Waals surface area contributed by atoms with Crippen molar-refractivity contribution in [3.63, 3.8) is 0 Å². The molecule has 0 bridgehead atoms. The lowest BCUT2D eigenvalue weighted by atomic mass is 9.89. The van der Waals surface area contributed by atoms with Gasteiger partial charge in [0.2, 0.25) is 0 Å². The highest BCUT2D eigenvalue weighted by Crippen LogP contribution is 2.27. The van der Waals surface area contributed by atoms with Crippen LogP contribution in [-0.2, 0) is 0 Å². The van der Waals surface area contributed by atoms with E-state index in [4.69, 9.17) is 0 Å². The molecule has 4 heteroatoms. The summed E-state index contributed by atoms with van der Waals surface area (Å²) in [5, 5.41) is 2.95. The molecule has 120 valence electrons. The predicted molar refractivity (Wildman–Crippen MR) is 93.6 cm³/mol. The molecule has 1 saturated carbocycles. The van der Waals surface area contributed by atoms with E-state index >= 15 is 0 Å². The number of hydrogen-bond donors (Lipinski definition) is 1. The molecule has 4 nitrogen and oxygen atoms in total. The number of hydrogen-bond acceptors (Lipinski definition) is 2. The standard InChI is InChI=1S/C19H23N3O/c23-19(21-17-10-7-13-20-14-17)22(18-11-5-2-6-12-18)15-16-8-3-1-4-9-16/h2,5-7,10-14,16H,1,3-4,8-9,15H2,(H,21,23). The number of para-hydroxylation sites is 1. The highest BCUT2D eigenvalue weighted by atomic mass is 16.2. The van der Waals surface area contributed by atoms with Gasteiger partial charge >= 0.3 is 6.03 Å². The molecule has 0 spiro atoms. The maximum absolute atomic E-state index is 12.8. The van der Waals surface area contributed by atoms with Crippen molar-refractivity contribution in [3.05, 3.63) is 54.9 Å². The van der Waals surface area contributed by atoms with Gasteiger partial charge in [0, 0.05) is 18.4 Å². The zero-order chi connectivity index (χ0) is 15.9. The number of aromatic nitrogens is 1. The van der Waals surface area contributed by atoms with Crippen molar-refractivity contribution in [2.24, 2.45) is 5.92 Å². The summed E-state index contributed by atoms with van der Waals surface area (Å²) in [5.74, 6) is 0.587. The van der Waals surface area contributed by atoms with Gasteiger partial charge in [-0.05, 0) is 43.0 Å². The summed E-state index contributed by atoms with van der Waals surface area (Å²) in [4.78, 5) is 18.7. The van der Waals surface area contributed by atoms with Gasteiger partial charge in [-0.15, -0.1) is 0 Å². The summed E-state index contributed by atoms with van der Waals surface area (Å²) in [6, 6.07) is 13.5. The van der Waals surface area contributed by atoms with Crippen LogP contribution in [0.15, 0.2) is 54.9 Å². The molecule has 2 aromatic rings. The lowest BCUT2D eigenvalue weighted by molar-refractivity contribution is 0.254. The van der Waals surface area contributed by atoms with E-state index in [1.165, 1.54) is 32.1 Å². The summed E-state index contributed by atoms with van der Waals surface area (Å²) >= 11 is 0. The topological polar surface area (TPSA) is 45.2 Å². The zero-order valence-electron chi connectivity index (χ0n) is 13.3. The van der Waals surface area contributed by atoms with Crippen molar-refractivity contribution in [1.82, 2.24) is 4.98 Å². The average Bonchev–Trinajstić information content (AvgIpc) is 2.62. The second kappa shape index (κ2) is 7.77. The van der Waals surface area contributed by atoms with Crippen LogP contribution in [0.2, 0.25) is 0 Å². The van der Waals surface area contributed by atoms with Crippen molar-refractivity contribution in [2.75, 3.05) is 16.8 Å². The van der Waals surface area contributed by atoms with Crippen LogP contribution in [0, 0.1) is 5.92 Å². The van der Waals surface area contributed by atoms with E-state index in [2.05, 4.69) is 10.3 Å². The van der Waals surface area contributed by atoms with Gasteiger partial charge in [0.05, 0.1) is 11.9 Å². The highest BCUT2D eigenvalue weighted by Gasteiger charge is 2.22. The third-order valence-corrected chi connectivity index (χ3v) is 4.39. The number of nitrogens with one attached hydrogen (secondary N) is 1. The molecule has 1 aliphatic rings. The monoisotopic (exact) mass is 309 g/mol. The van der Waals surface area contributed by atoms with Crippen LogP contribution in [0.4, 0.5) is 16.2 Å². The second-order valence-electron chi connectivity index (χ2n) is 6.12. The van der Waals surface area contributed by atoms with Gasteiger partial charge in [-0.1, -0.05) is 37.5 Å². The molecular weight excluding hydrogens is 286 g/mol. The zero-order valence-corrected chi connectivity index (χ0v) is 13.3. The Bertz CT molecular complexity index is 609. The highest BCUT2D eigenvalue weighted by molar-refractivity contribution is 6.01. The molecule has 0 unspecified atom stereocenters. The van der Waals surface area contributed by atoms with E-state index in [0.29, 0.717) is 5.92 Å². The first-order valence-corrected chi connectivity index (χ1v) is 8.36. The number of carbonyl (C=O) groups excluding carboxylic acids is 1. The van der Waals surface area contributed by atoms with Crippen molar-refractivity contribution in [1.29, 1.82) is 0 Å². The third kappa shape index (κ3) is 4.31. The number of amides is 2. The average molecular weight is 309 g/mol. The number of pyridine rings is 1. The van der Waals surface area contributed by atoms with Gasteiger partial charge in [0.1, 0.15) is 0 Å². The van der Waals surface area contributed by atoms with Crippen LogP contribution in [0.5, 0.6) is 0 Å². The fraction of sp³-hybridized carbons (Fsp3) is 0.368. The minimum absolute atomic E-state index is 0.0882. The molecule has 1 aromatic heterocycles. The molecule has 23 heavy (non-hydrogen) atoms. The SMILES string of the molecule is O=C(Nc1cccnc1)N(CC1CCCCC1)c1ccccc1. The first-order chi connectivity index (χ1) is 11.3.